The molecule has 0 aromatic heterocycles. The van der Waals surface area contributed by atoms with Crippen LogP contribution >= 0.6 is 0 Å². The number of amides is 2. The van der Waals surface area contributed by atoms with Crippen LogP contribution in [0, 0.1) is 0 Å². The van der Waals surface area contributed by atoms with Crippen molar-refractivity contribution in [1.82, 2.24) is 10.6 Å². The molecule has 0 bridgehead atoms. The average molecular weight is 334 g/mol. The minimum absolute atomic E-state index is 0.0213. The van der Waals surface area contributed by atoms with E-state index in [-0.39, 0.29) is 24.4 Å². The lowest BCUT2D eigenvalue weighted by molar-refractivity contribution is -0.120. The molecule has 1 saturated carbocycles. The first kappa shape index (κ1) is 18.1. The Hall–Kier alpha value is -2.24. The van der Waals surface area contributed by atoms with Crippen molar-refractivity contribution in [2.24, 2.45) is 0 Å². The van der Waals surface area contributed by atoms with Crippen LogP contribution in [-0.4, -0.2) is 37.6 Å². The van der Waals surface area contributed by atoms with Gasteiger partial charge in [-0.3, -0.25) is 9.59 Å². The molecule has 0 spiro atoms. The summed E-state index contributed by atoms with van der Waals surface area (Å²) in [5, 5.41) is 5.59. The predicted molar refractivity (Wildman–Crippen MR) is 91.5 cm³/mol. The predicted octanol–water partition coefficient (Wildman–Crippen LogP) is 2.27. The standard InChI is InChI=1S/C18H26N2O4/c1-3-23-15-10-9-13(11-16(15)24-4-2)18(22)19-12-17(21)20-14-7-5-6-8-14/h9-11,14H,3-8,12H2,1-2H3,(H,19,22)(H,20,21). The average Bonchev–Trinajstić information content (AvgIpc) is 3.07. The molecule has 2 amide bonds. The molecule has 0 unspecified atom stereocenters. The van der Waals surface area contributed by atoms with Gasteiger partial charge in [-0.15, -0.1) is 0 Å². The Morgan fingerprint density at radius 3 is 2.42 bits per heavy atom. The van der Waals surface area contributed by atoms with E-state index < -0.39 is 0 Å². The lowest BCUT2D eigenvalue weighted by Gasteiger charge is -2.14. The summed E-state index contributed by atoms with van der Waals surface area (Å²) in [4.78, 5) is 24.1. The zero-order valence-corrected chi connectivity index (χ0v) is 14.4. The molecule has 0 saturated heterocycles. The Morgan fingerprint density at radius 2 is 1.75 bits per heavy atom. The van der Waals surface area contributed by atoms with Crippen LogP contribution in [-0.2, 0) is 4.79 Å². The van der Waals surface area contributed by atoms with Gasteiger partial charge >= 0.3 is 0 Å². The molecular formula is C18H26N2O4. The molecule has 2 N–H and O–H groups in total. The molecule has 0 radical (unpaired) electrons. The molecule has 1 aliphatic carbocycles. The Bertz CT molecular complexity index is 568. The zero-order chi connectivity index (χ0) is 17.4. The van der Waals surface area contributed by atoms with Crippen LogP contribution in [0.2, 0.25) is 0 Å². The van der Waals surface area contributed by atoms with Crippen molar-refractivity contribution in [1.29, 1.82) is 0 Å². The first-order chi connectivity index (χ1) is 11.6. The molecule has 1 fully saturated rings. The third-order valence-electron chi connectivity index (χ3n) is 3.94. The van der Waals surface area contributed by atoms with E-state index in [1.54, 1.807) is 18.2 Å². The van der Waals surface area contributed by atoms with Crippen molar-refractivity contribution in [3.05, 3.63) is 23.8 Å². The zero-order valence-electron chi connectivity index (χ0n) is 14.4. The van der Waals surface area contributed by atoms with Gasteiger partial charge in [0.25, 0.3) is 5.91 Å². The van der Waals surface area contributed by atoms with E-state index >= 15 is 0 Å². The maximum atomic E-state index is 12.2. The second kappa shape index (κ2) is 9.15. The fraction of sp³-hybridized carbons (Fsp3) is 0.556. The Morgan fingerprint density at radius 1 is 1.08 bits per heavy atom. The molecule has 0 atom stereocenters. The second-order valence-electron chi connectivity index (χ2n) is 5.76. The van der Waals surface area contributed by atoms with Gasteiger partial charge in [0.15, 0.2) is 11.5 Å². The number of carbonyl (C=O) groups excluding carboxylic acids is 2. The number of nitrogens with one attached hydrogen (secondary N) is 2. The maximum absolute atomic E-state index is 12.2. The molecule has 24 heavy (non-hydrogen) atoms. The third kappa shape index (κ3) is 5.15. The van der Waals surface area contributed by atoms with Gasteiger partial charge in [0.2, 0.25) is 5.91 Å². The van der Waals surface area contributed by atoms with E-state index in [1.807, 2.05) is 13.8 Å². The van der Waals surface area contributed by atoms with Gasteiger partial charge in [-0.05, 0) is 44.9 Å². The van der Waals surface area contributed by atoms with Crippen molar-refractivity contribution in [3.8, 4) is 11.5 Å². The number of hydrogen-bond acceptors (Lipinski definition) is 4. The van der Waals surface area contributed by atoms with Crippen molar-refractivity contribution in [2.75, 3.05) is 19.8 Å². The summed E-state index contributed by atoms with van der Waals surface area (Å²) in [5.74, 6) is 0.684. The van der Waals surface area contributed by atoms with E-state index in [0.717, 1.165) is 25.7 Å². The highest BCUT2D eigenvalue weighted by Gasteiger charge is 2.18. The van der Waals surface area contributed by atoms with Gasteiger partial charge in [0.05, 0.1) is 19.8 Å². The molecule has 0 heterocycles. The van der Waals surface area contributed by atoms with E-state index in [9.17, 15) is 9.59 Å². The fourth-order valence-electron chi connectivity index (χ4n) is 2.80. The number of rotatable bonds is 8. The highest BCUT2D eigenvalue weighted by atomic mass is 16.5. The minimum atomic E-state index is -0.305. The van der Waals surface area contributed by atoms with E-state index in [1.165, 1.54) is 0 Å². The van der Waals surface area contributed by atoms with Gasteiger partial charge in [-0.1, -0.05) is 12.8 Å². The molecular weight excluding hydrogens is 308 g/mol. The van der Waals surface area contributed by atoms with Crippen LogP contribution in [0.1, 0.15) is 49.9 Å². The summed E-state index contributed by atoms with van der Waals surface area (Å²) in [6.45, 7) is 4.74. The summed E-state index contributed by atoms with van der Waals surface area (Å²) in [6.07, 6.45) is 4.36. The SMILES string of the molecule is CCOc1ccc(C(=O)NCC(=O)NC2CCCC2)cc1OCC. The molecule has 0 aliphatic heterocycles. The Kier molecular flexibility index (Phi) is 6.90. The minimum Gasteiger partial charge on any atom is -0.490 e. The van der Waals surface area contributed by atoms with Crippen LogP contribution < -0.4 is 20.1 Å². The Labute approximate surface area is 142 Å². The molecule has 2 rings (SSSR count). The Balaban J connectivity index is 1.90. The van der Waals surface area contributed by atoms with Crippen LogP contribution in [0.15, 0.2) is 18.2 Å². The summed E-state index contributed by atoms with van der Waals surface area (Å²) < 4.78 is 11.0. The smallest absolute Gasteiger partial charge is 0.251 e. The van der Waals surface area contributed by atoms with Crippen molar-refractivity contribution in [3.63, 3.8) is 0 Å². The van der Waals surface area contributed by atoms with Crippen LogP contribution in [0.5, 0.6) is 11.5 Å². The van der Waals surface area contributed by atoms with E-state index in [0.29, 0.717) is 30.3 Å². The van der Waals surface area contributed by atoms with Gasteiger partial charge in [-0.2, -0.15) is 0 Å². The first-order valence-corrected chi connectivity index (χ1v) is 8.61. The molecule has 132 valence electrons. The third-order valence-corrected chi connectivity index (χ3v) is 3.94. The lowest BCUT2D eigenvalue weighted by Crippen LogP contribution is -2.40. The van der Waals surface area contributed by atoms with E-state index in [4.69, 9.17) is 9.47 Å². The van der Waals surface area contributed by atoms with Crippen molar-refractivity contribution in [2.45, 2.75) is 45.6 Å². The highest BCUT2D eigenvalue weighted by Crippen LogP contribution is 2.28. The summed E-state index contributed by atoms with van der Waals surface area (Å²) in [6, 6.07) is 5.27. The maximum Gasteiger partial charge on any atom is 0.251 e. The van der Waals surface area contributed by atoms with Gasteiger partial charge in [-0.25, -0.2) is 0 Å². The van der Waals surface area contributed by atoms with Gasteiger partial charge in [0, 0.05) is 11.6 Å². The fourth-order valence-corrected chi connectivity index (χ4v) is 2.80. The van der Waals surface area contributed by atoms with E-state index in [2.05, 4.69) is 10.6 Å². The molecule has 6 heteroatoms. The number of carbonyl (C=O) groups is 2. The summed E-state index contributed by atoms with van der Waals surface area (Å²) in [7, 11) is 0. The molecule has 1 aromatic carbocycles. The second-order valence-corrected chi connectivity index (χ2v) is 5.76. The normalized spacial score (nSPS) is 14.2. The topological polar surface area (TPSA) is 76.7 Å². The summed E-state index contributed by atoms with van der Waals surface area (Å²) >= 11 is 0. The quantitative estimate of drug-likeness (QED) is 0.765. The number of ether oxygens (including phenoxy) is 2. The monoisotopic (exact) mass is 334 g/mol. The lowest BCUT2D eigenvalue weighted by atomic mass is 10.2. The van der Waals surface area contributed by atoms with Gasteiger partial charge in [0.1, 0.15) is 0 Å². The number of benzene rings is 1. The molecule has 6 nitrogen and oxygen atoms in total. The largest absolute Gasteiger partial charge is 0.490 e. The number of hydrogen-bond donors (Lipinski definition) is 2. The van der Waals surface area contributed by atoms with Crippen LogP contribution in [0.3, 0.4) is 0 Å². The van der Waals surface area contributed by atoms with Crippen LogP contribution in [0.25, 0.3) is 0 Å². The molecule has 1 aliphatic rings. The van der Waals surface area contributed by atoms with Gasteiger partial charge < -0.3 is 20.1 Å². The highest BCUT2D eigenvalue weighted by molar-refractivity contribution is 5.97. The van der Waals surface area contributed by atoms with Crippen LogP contribution in [0.4, 0.5) is 0 Å². The van der Waals surface area contributed by atoms with Crippen molar-refractivity contribution < 1.29 is 19.1 Å². The molecule has 1 aromatic rings. The van der Waals surface area contributed by atoms with Crippen molar-refractivity contribution >= 4 is 11.8 Å². The first-order valence-electron chi connectivity index (χ1n) is 8.61. The summed E-state index contributed by atoms with van der Waals surface area (Å²) in [5.41, 5.74) is 0.440.